The van der Waals surface area contributed by atoms with E-state index in [-0.39, 0.29) is 0 Å². The summed E-state index contributed by atoms with van der Waals surface area (Å²) in [5.41, 5.74) is 4.34. The molecule has 1 aromatic heterocycles. The number of piperazine rings is 1. The van der Waals surface area contributed by atoms with Crippen LogP contribution in [0.3, 0.4) is 0 Å². The van der Waals surface area contributed by atoms with Crippen LogP contribution >= 0.6 is 0 Å². The molecular weight excluding hydrogens is 308 g/mol. The number of aromatic nitrogens is 2. The Kier molecular flexibility index (Phi) is 4.65. The Morgan fingerprint density at radius 3 is 2.72 bits per heavy atom. The van der Waals surface area contributed by atoms with Crippen molar-refractivity contribution in [2.75, 3.05) is 26.7 Å². The molecule has 1 atom stereocenters. The third-order valence-corrected chi connectivity index (χ3v) is 5.69. The van der Waals surface area contributed by atoms with E-state index < -0.39 is 0 Å². The molecule has 0 radical (unpaired) electrons. The third-order valence-electron chi connectivity index (χ3n) is 5.69. The number of hydrogen-bond donors (Lipinski definition) is 0. The van der Waals surface area contributed by atoms with Crippen LogP contribution in [-0.4, -0.2) is 46.3 Å². The minimum absolute atomic E-state index is 0.478. The molecule has 1 unspecified atom stereocenters. The summed E-state index contributed by atoms with van der Waals surface area (Å²) in [5.74, 6) is 0.566. The fourth-order valence-electron chi connectivity index (χ4n) is 4.01. The Morgan fingerprint density at radius 2 is 1.96 bits per heavy atom. The van der Waals surface area contributed by atoms with Crippen LogP contribution in [0, 0.1) is 0 Å². The Labute approximate surface area is 151 Å². The highest BCUT2D eigenvalue weighted by molar-refractivity contribution is 5.33. The predicted molar refractivity (Wildman–Crippen MR) is 102 cm³/mol. The van der Waals surface area contributed by atoms with Gasteiger partial charge in [-0.05, 0) is 36.9 Å². The van der Waals surface area contributed by atoms with Crippen LogP contribution in [0.5, 0.6) is 0 Å². The van der Waals surface area contributed by atoms with Crippen molar-refractivity contribution < 1.29 is 0 Å². The van der Waals surface area contributed by atoms with Gasteiger partial charge in [-0.1, -0.05) is 38.1 Å². The molecule has 1 aliphatic carbocycles. The van der Waals surface area contributed by atoms with Crippen LogP contribution in [0.25, 0.3) is 0 Å². The lowest BCUT2D eigenvalue weighted by atomic mass is 9.91. The molecule has 0 bridgehead atoms. The lowest BCUT2D eigenvalue weighted by Crippen LogP contribution is -2.46. The first-order valence-corrected chi connectivity index (χ1v) is 9.66. The molecule has 2 fully saturated rings. The van der Waals surface area contributed by atoms with E-state index in [2.05, 4.69) is 77.1 Å². The Balaban J connectivity index is 1.49. The summed E-state index contributed by atoms with van der Waals surface area (Å²) >= 11 is 0. The molecule has 0 N–H and O–H groups in total. The van der Waals surface area contributed by atoms with E-state index in [9.17, 15) is 0 Å². The quantitative estimate of drug-likeness (QED) is 0.828. The molecule has 4 heteroatoms. The Bertz CT molecular complexity index is 716. The zero-order chi connectivity index (χ0) is 17.4. The van der Waals surface area contributed by atoms with Crippen molar-refractivity contribution in [2.45, 2.75) is 51.2 Å². The second kappa shape index (κ2) is 6.93. The zero-order valence-corrected chi connectivity index (χ0v) is 15.7. The molecule has 25 heavy (non-hydrogen) atoms. The molecule has 1 saturated carbocycles. The van der Waals surface area contributed by atoms with Crippen molar-refractivity contribution in [3.8, 4) is 0 Å². The van der Waals surface area contributed by atoms with Crippen LogP contribution in [0.1, 0.15) is 61.4 Å². The summed E-state index contributed by atoms with van der Waals surface area (Å²) in [6.45, 7) is 8.95. The van der Waals surface area contributed by atoms with Crippen LogP contribution < -0.4 is 0 Å². The van der Waals surface area contributed by atoms with Gasteiger partial charge in [-0.15, -0.1) is 0 Å². The summed E-state index contributed by atoms with van der Waals surface area (Å²) in [5, 5.41) is 4.55. The summed E-state index contributed by atoms with van der Waals surface area (Å²) in [6.07, 6.45) is 6.91. The maximum Gasteiger partial charge on any atom is 0.0534 e. The Hall–Kier alpha value is -1.65. The van der Waals surface area contributed by atoms with E-state index in [4.69, 9.17) is 0 Å². The lowest BCUT2D eigenvalue weighted by Gasteiger charge is -2.40. The van der Waals surface area contributed by atoms with E-state index >= 15 is 0 Å². The lowest BCUT2D eigenvalue weighted by molar-refractivity contribution is 0.0899. The predicted octanol–water partition coefficient (Wildman–Crippen LogP) is 3.83. The standard InChI is InChI=1S/C21H30N4/c1-16(2)19-6-4-5-7-20(19)21-15-24(11-10-23(21)3)13-17-12-22-25(14-17)18-8-9-18/h4-7,12,14,16,18,21H,8-11,13,15H2,1-3H3. The van der Waals surface area contributed by atoms with Crippen LogP contribution in [0.15, 0.2) is 36.7 Å². The highest BCUT2D eigenvalue weighted by atomic mass is 15.3. The van der Waals surface area contributed by atoms with Gasteiger partial charge in [-0.3, -0.25) is 14.5 Å². The summed E-state index contributed by atoms with van der Waals surface area (Å²) in [4.78, 5) is 5.11. The molecule has 4 rings (SSSR count). The first kappa shape index (κ1) is 16.8. The second-order valence-corrected chi connectivity index (χ2v) is 8.07. The molecule has 4 nitrogen and oxygen atoms in total. The Morgan fingerprint density at radius 1 is 1.16 bits per heavy atom. The number of likely N-dealkylation sites (N-methyl/N-ethyl adjacent to an activating group) is 1. The molecule has 2 aliphatic rings. The van der Waals surface area contributed by atoms with E-state index in [0.717, 1.165) is 26.2 Å². The van der Waals surface area contributed by atoms with E-state index in [1.165, 1.54) is 29.5 Å². The summed E-state index contributed by atoms with van der Waals surface area (Å²) in [7, 11) is 2.27. The number of hydrogen-bond acceptors (Lipinski definition) is 3. The van der Waals surface area contributed by atoms with Gasteiger partial charge in [0, 0.05) is 44.0 Å². The van der Waals surface area contributed by atoms with Gasteiger partial charge in [0.1, 0.15) is 0 Å². The van der Waals surface area contributed by atoms with E-state index in [0.29, 0.717) is 18.0 Å². The van der Waals surface area contributed by atoms with Gasteiger partial charge in [0.25, 0.3) is 0 Å². The summed E-state index contributed by atoms with van der Waals surface area (Å²) in [6, 6.07) is 10.1. The third kappa shape index (κ3) is 3.65. The van der Waals surface area contributed by atoms with Crippen molar-refractivity contribution in [2.24, 2.45) is 0 Å². The van der Waals surface area contributed by atoms with Crippen molar-refractivity contribution in [1.29, 1.82) is 0 Å². The highest BCUT2D eigenvalue weighted by Gasteiger charge is 2.28. The monoisotopic (exact) mass is 338 g/mol. The van der Waals surface area contributed by atoms with Gasteiger partial charge in [0.2, 0.25) is 0 Å². The smallest absolute Gasteiger partial charge is 0.0534 e. The van der Waals surface area contributed by atoms with Crippen molar-refractivity contribution in [3.63, 3.8) is 0 Å². The molecular formula is C21H30N4. The molecule has 2 aromatic rings. The van der Waals surface area contributed by atoms with Gasteiger partial charge in [0.05, 0.1) is 12.2 Å². The maximum absolute atomic E-state index is 4.55. The normalized spacial score (nSPS) is 22.6. The topological polar surface area (TPSA) is 24.3 Å². The van der Waals surface area contributed by atoms with Crippen LogP contribution in [0.2, 0.25) is 0 Å². The number of nitrogens with zero attached hydrogens (tertiary/aromatic N) is 4. The fraction of sp³-hybridized carbons (Fsp3) is 0.571. The summed E-state index contributed by atoms with van der Waals surface area (Å²) < 4.78 is 2.16. The average molecular weight is 338 g/mol. The average Bonchev–Trinajstić information content (AvgIpc) is 3.36. The molecule has 134 valence electrons. The van der Waals surface area contributed by atoms with Crippen molar-refractivity contribution >= 4 is 0 Å². The minimum Gasteiger partial charge on any atom is -0.297 e. The first-order valence-electron chi connectivity index (χ1n) is 9.66. The van der Waals surface area contributed by atoms with Crippen molar-refractivity contribution in [1.82, 2.24) is 19.6 Å². The van der Waals surface area contributed by atoms with E-state index in [1.807, 2.05) is 0 Å². The van der Waals surface area contributed by atoms with Gasteiger partial charge in [-0.2, -0.15) is 5.10 Å². The number of rotatable bonds is 5. The van der Waals surface area contributed by atoms with Gasteiger partial charge in [-0.25, -0.2) is 0 Å². The molecule has 1 saturated heterocycles. The molecule has 0 spiro atoms. The van der Waals surface area contributed by atoms with E-state index in [1.54, 1.807) is 0 Å². The van der Waals surface area contributed by atoms with Gasteiger partial charge >= 0.3 is 0 Å². The van der Waals surface area contributed by atoms with Gasteiger partial charge < -0.3 is 0 Å². The van der Waals surface area contributed by atoms with Gasteiger partial charge in [0.15, 0.2) is 0 Å². The molecule has 0 amide bonds. The SMILES string of the molecule is CC(C)c1ccccc1C1CN(Cc2cnn(C3CC3)c2)CCN1C. The fourth-order valence-corrected chi connectivity index (χ4v) is 4.01. The first-order chi connectivity index (χ1) is 12.1. The van der Waals surface area contributed by atoms with Crippen molar-refractivity contribution in [3.05, 3.63) is 53.3 Å². The largest absolute Gasteiger partial charge is 0.297 e. The molecule has 1 aliphatic heterocycles. The minimum atomic E-state index is 0.478. The molecule has 1 aromatic carbocycles. The van der Waals surface area contributed by atoms with Crippen LogP contribution in [0.4, 0.5) is 0 Å². The van der Waals surface area contributed by atoms with Crippen LogP contribution in [-0.2, 0) is 6.54 Å². The zero-order valence-electron chi connectivity index (χ0n) is 15.7. The molecule has 2 heterocycles. The highest BCUT2D eigenvalue weighted by Crippen LogP contribution is 2.34. The second-order valence-electron chi connectivity index (χ2n) is 8.07. The number of benzene rings is 1. The maximum atomic E-state index is 4.55.